The quantitative estimate of drug-likeness (QED) is 0.868. The topological polar surface area (TPSA) is 29.3 Å². The lowest BCUT2D eigenvalue weighted by molar-refractivity contribution is 0.122. The average molecular weight is 232 g/mol. The lowest BCUT2D eigenvalue weighted by atomic mass is 9.94. The third kappa shape index (κ3) is 3.08. The van der Waals surface area contributed by atoms with Crippen LogP contribution in [0, 0.1) is 5.92 Å². The number of rotatable bonds is 3. The van der Waals surface area contributed by atoms with E-state index >= 15 is 0 Å². The highest BCUT2D eigenvalue weighted by molar-refractivity contribution is 5.19. The fraction of sp³-hybridized carbons (Fsp3) is 0.600. The minimum absolute atomic E-state index is 0.126. The second kappa shape index (κ2) is 5.65. The van der Waals surface area contributed by atoms with E-state index in [1.54, 1.807) is 0 Å². The van der Waals surface area contributed by atoms with Gasteiger partial charge >= 0.3 is 0 Å². The van der Waals surface area contributed by atoms with Crippen molar-refractivity contribution in [2.24, 2.45) is 11.7 Å². The van der Waals surface area contributed by atoms with E-state index in [0.29, 0.717) is 6.04 Å². The number of hydrogen-bond acceptors (Lipinski definition) is 2. The zero-order chi connectivity index (χ0) is 12.3. The number of hydrogen-bond donors (Lipinski definition) is 1. The highest BCUT2D eigenvalue weighted by atomic mass is 15.2. The molecule has 1 aromatic carbocycles. The molecule has 0 radical (unpaired) electrons. The summed E-state index contributed by atoms with van der Waals surface area (Å²) in [6.07, 6.45) is 2.68. The molecule has 1 saturated heterocycles. The van der Waals surface area contributed by atoms with Crippen molar-refractivity contribution in [3.63, 3.8) is 0 Å². The van der Waals surface area contributed by atoms with Gasteiger partial charge in [-0.1, -0.05) is 37.3 Å². The Morgan fingerprint density at radius 2 is 2.00 bits per heavy atom. The Morgan fingerprint density at radius 3 is 2.65 bits per heavy atom. The Morgan fingerprint density at radius 1 is 1.29 bits per heavy atom. The van der Waals surface area contributed by atoms with E-state index in [9.17, 15) is 0 Å². The normalized spacial score (nSPS) is 25.5. The molecule has 3 unspecified atom stereocenters. The summed E-state index contributed by atoms with van der Waals surface area (Å²) in [7, 11) is 0. The van der Waals surface area contributed by atoms with Crippen LogP contribution in [-0.4, -0.2) is 24.0 Å². The van der Waals surface area contributed by atoms with Crippen LogP contribution in [0.1, 0.15) is 38.3 Å². The van der Waals surface area contributed by atoms with Crippen molar-refractivity contribution in [1.82, 2.24) is 4.90 Å². The predicted molar refractivity (Wildman–Crippen MR) is 72.8 cm³/mol. The molecule has 2 nitrogen and oxygen atoms in total. The molecule has 0 spiro atoms. The fourth-order valence-electron chi connectivity index (χ4n) is 2.78. The first-order chi connectivity index (χ1) is 8.18. The van der Waals surface area contributed by atoms with Crippen molar-refractivity contribution in [2.45, 2.75) is 38.8 Å². The van der Waals surface area contributed by atoms with Crippen LogP contribution in [0.2, 0.25) is 0 Å². The molecule has 0 aliphatic carbocycles. The Bertz CT molecular complexity index is 336. The van der Waals surface area contributed by atoms with Gasteiger partial charge in [-0.25, -0.2) is 0 Å². The lowest BCUT2D eigenvalue weighted by Crippen LogP contribution is -2.45. The van der Waals surface area contributed by atoms with Crippen LogP contribution in [0.5, 0.6) is 0 Å². The number of nitrogens with zero attached hydrogens (tertiary/aromatic N) is 1. The molecule has 2 rings (SSSR count). The van der Waals surface area contributed by atoms with E-state index in [4.69, 9.17) is 5.73 Å². The van der Waals surface area contributed by atoms with Gasteiger partial charge in [0.1, 0.15) is 0 Å². The van der Waals surface area contributed by atoms with Gasteiger partial charge in [-0.3, -0.25) is 4.90 Å². The van der Waals surface area contributed by atoms with Crippen LogP contribution in [0.4, 0.5) is 0 Å². The molecule has 0 saturated carbocycles. The Labute approximate surface area is 105 Å². The smallest absolute Gasteiger partial charge is 0.0450 e. The first-order valence-electron chi connectivity index (χ1n) is 6.73. The number of nitrogens with two attached hydrogens (primary N) is 1. The molecule has 0 aromatic heterocycles. The maximum Gasteiger partial charge on any atom is 0.0450 e. The van der Waals surface area contributed by atoms with Crippen molar-refractivity contribution in [1.29, 1.82) is 0 Å². The van der Waals surface area contributed by atoms with E-state index in [2.05, 4.69) is 43.0 Å². The molecule has 1 aliphatic rings. The summed E-state index contributed by atoms with van der Waals surface area (Å²) in [6, 6.07) is 11.0. The first kappa shape index (κ1) is 12.6. The standard InChI is InChI=1S/C15H24N2/c1-12-7-6-10-17(11-12)13(2)15(16)14-8-4-3-5-9-14/h3-5,8-9,12-13,15H,6-7,10-11,16H2,1-2H3. The third-order valence-corrected chi connectivity index (χ3v) is 3.97. The molecular formula is C15H24N2. The largest absolute Gasteiger partial charge is 0.323 e. The first-order valence-corrected chi connectivity index (χ1v) is 6.73. The highest BCUT2D eigenvalue weighted by Crippen LogP contribution is 2.23. The van der Waals surface area contributed by atoms with Gasteiger partial charge in [-0.2, -0.15) is 0 Å². The van der Waals surface area contributed by atoms with E-state index in [-0.39, 0.29) is 6.04 Å². The molecule has 1 heterocycles. The summed E-state index contributed by atoms with van der Waals surface area (Å²) in [6.45, 7) is 7.00. The van der Waals surface area contributed by atoms with E-state index in [1.807, 2.05) is 6.07 Å². The second-order valence-corrected chi connectivity index (χ2v) is 5.42. The van der Waals surface area contributed by atoms with Gasteiger partial charge < -0.3 is 5.73 Å². The molecule has 2 heteroatoms. The van der Waals surface area contributed by atoms with E-state index in [0.717, 1.165) is 5.92 Å². The van der Waals surface area contributed by atoms with Crippen molar-refractivity contribution in [3.05, 3.63) is 35.9 Å². The zero-order valence-electron chi connectivity index (χ0n) is 11.0. The monoisotopic (exact) mass is 232 g/mol. The molecule has 1 aromatic rings. The zero-order valence-corrected chi connectivity index (χ0v) is 11.0. The lowest BCUT2D eigenvalue weighted by Gasteiger charge is -2.38. The Hall–Kier alpha value is -0.860. The van der Waals surface area contributed by atoms with Gasteiger partial charge in [0.25, 0.3) is 0 Å². The molecular weight excluding hydrogens is 208 g/mol. The highest BCUT2D eigenvalue weighted by Gasteiger charge is 2.25. The van der Waals surface area contributed by atoms with Gasteiger partial charge in [0, 0.05) is 18.6 Å². The van der Waals surface area contributed by atoms with Crippen molar-refractivity contribution < 1.29 is 0 Å². The molecule has 0 bridgehead atoms. The minimum atomic E-state index is 0.126. The fourth-order valence-corrected chi connectivity index (χ4v) is 2.78. The summed E-state index contributed by atoms with van der Waals surface area (Å²) >= 11 is 0. The number of benzene rings is 1. The maximum absolute atomic E-state index is 6.37. The minimum Gasteiger partial charge on any atom is -0.323 e. The summed E-state index contributed by atoms with van der Waals surface area (Å²) in [5.41, 5.74) is 7.62. The summed E-state index contributed by atoms with van der Waals surface area (Å²) in [5.74, 6) is 0.814. The third-order valence-electron chi connectivity index (χ3n) is 3.97. The van der Waals surface area contributed by atoms with Crippen LogP contribution in [0.15, 0.2) is 30.3 Å². The average Bonchev–Trinajstić information content (AvgIpc) is 2.38. The second-order valence-electron chi connectivity index (χ2n) is 5.42. The molecule has 94 valence electrons. The van der Waals surface area contributed by atoms with E-state index < -0.39 is 0 Å². The number of piperidine rings is 1. The molecule has 1 fully saturated rings. The van der Waals surface area contributed by atoms with Gasteiger partial charge in [-0.15, -0.1) is 0 Å². The van der Waals surface area contributed by atoms with Crippen LogP contribution < -0.4 is 5.73 Å². The summed E-state index contributed by atoms with van der Waals surface area (Å²) in [5, 5.41) is 0. The molecule has 17 heavy (non-hydrogen) atoms. The predicted octanol–water partition coefficient (Wildman–Crippen LogP) is 2.81. The van der Waals surface area contributed by atoms with Gasteiger partial charge in [-0.05, 0) is 37.8 Å². The Kier molecular flexibility index (Phi) is 4.19. The molecule has 1 aliphatic heterocycles. The van der Waals surface area contributed by atoms with Crippen LogP contribution in [-0.2, 0) is 0 Å². The SMILES string of the molecule is CC1CCCN(C(C)C(N)c2ccccc2)C1. The van der Waals surface area contributed by atoms with Crippen LogP contribution >= 0.6 is 0 Å². The van der Waals surface area contributed by atoms with Gasteiger partial charge in [0.15, 0.2) is 0 Å². The maximum atomic E-state index is 6.37. The molecule has 3 atom stereocenters. The van der Waals surface area contributed by atoms with Gasteiger partial charge in [0.2, 0.25) is 0 Å². The van der Waals surface area contributed by atoms with Crippen LogP contribution in [0.3, 0.4) is 0 Å². The van der Waals surface area contributed by atoms with Crippen LogP contribution in [0.25, 0.3) is 0 Å². The van der Waals surface area contributed by atoms with Crippen molar-refractivity contribution in [2.75, 3.05) is 13.1 Å². The molecule has 2 N–H and O–H groups in total. The summed E-state index contributed by atoms with van der Waals surface area (Å²) < 4.78 is 0. The Balaban J connectivity index is 2.01. The van der Waals surface area contributed by atoms with E-state index in [1.165, 1.54) is 31.5 Å². The number of likely N-dealkylation sites (tertiary alicyclic amines) is 1. The summed E-state index contributed by atoms with van der Waals surface area (Å²) in [4.78, 5) is 2.55. The van der Waals surface area contributed by atoms with Gasteiger partial charge in [0.05, 0.1) is 0 Å². The van der Waals surface area contributed by atoms with Crippen molar-refractivity contribution in [3.8, 4) is 0 Å². The van der Waals surface area contributed by atoms with Crippen molar-refractivity contribution >= 4 is 0 Å². The molecule has 0 amide bonds.